The van der Waals surface area contributed by atoms with E-state index in [0.717, 1.165) is 5.56 Å². The topological polar surface area (TPSA) is 58.2 Å². The number of fused-ring (bicyclic) bond motifs is 1. The molecule has 22 heavy (non-hydrogen) atoms. The summed E-state index contributed by atoms with van der Waals surface area (Å²) in [5.41, 5.74) is 1.97. The predicted molar refractivity (Wildman–Crippen MR) is 87.5 cm³/mol. The van der Waals surface area contributed by atoms with Crippen LogP contribution < -0.4 is 10.6 Å². The van der Waals surface area contributed by atoms with E-state index in [9.17, 15) is 9.59 Å². The van der Waals surface area contributed by atoms with E-state index >= 15 is 0 Å². The van der Waals surface area contributed by atoms with Crippen LogP contribution in [0, 0.1) is 0 Å². The summed E-state index contributed by atoms with van der Waals surface area (Å²) in [6.45, 7) is 0. The number of rotatable bonds is 2. The van der Waals surface area contributed by atoms with E-state index in [-0.39, 0.29) is 18.2 Å². The van der Waals surface area contributed by atoms with E-state index in [1.54, 1.807) is 24.3 Å². The zero-order valence-electron chi connectivity index (χ0n) is 11.4. The maximum Gasteiger partial charge on any atom is 0.232 e. The van der Waals surface area contributed by atoms with Crippen molar-refractivity contribution in [2.24, 2.45) is 0 Å². The molecule has 6 heteroatoms. The van der Waals surface area contributed by atoms with E-state index < -0.39 is 5.92 Å². The molecule has 0 spiro atoms. The molecule has 2 aromatic carbocycles. The third kappa shape index (κ3) is 3.08. The molecule has 112 valence electrons. The van der Waals surface area contributed by atoms with Crippen LogP contribution in [0.25, 0.3) is 0 Å². The van der Waals surface area contributed by atoms with Crippen LogP contribution in [0.5, 0.6) is 0 Å². The maximum atomic E-state index is 12.5. The van der Waals surface area contributed by atoms with Gasteiger partial charge in [0.1, 0.15) is 0 Å². The standard InChI is InChI=1S/C16H12Cl2N2O2/c17-9-5-10(18)7-11(6-9)19-16(22)13-8-15(21)20-14-4-2-1-3-12(13)14/h1-7,13H,8H2,(H,19,22)(H,20,21). The molecule has 1 aliphatic heterocycles. The van der Waals surface area contributed by atoms with E-state index in [1.807, 2.05) is 18.2 Å². The molecule has 2 aromatic rings. The van der Waals surface area contributed by atoms with Gasteiger partial charge in [0.15, 0.2) is 0 Å². The van der Waals surface area contributed by atoms with E-state index in [0.29, 0.717) is 21.4 Å². The highest BCUT2D eigenvalue weighted by molar-refractivity contribution is 6.35. The maximum absolute atomic E-state index is 12.5. The van der Waals surface area contributed by atoms with Gasteiger partial charge in [-0.3, -0.25) is 9.59 Å². The van der Waals surface area contributed by atoms with Crippen molar-refractivity contribution in [3.8, 4) is 0 Å². The van der Waals surface area contributed by atoms with Crippen molar-refractivity contribution >= 4 is 46.4 Å². The lowest BCUT2D eigenvalue weighted by atomic mass is 9.90. The second kappa shape index (κ2) is 5.99. The van der Waals surface area contributed by atoms with Crippen molar-refractivity contribution in [2.75, 3.05) is 10.6 Å². The van der Waals surface area contributed by atoms with Crippen molar-refractivity contribution in [3.05, 3.63) is 58.1 Å². The normalized spacial score (nSPS) is 16.6. The molecule has 0 aliphatic carbocycles. The second-order valence-electron chi connectivity index (χ2n) is 5.04. The fraction of sp³-hybridized carbons (Fsp3) is 0.125. The van der Waals surface area contributed by atoms with Gasteiger partial charge in [0.2, 0.25) is 11.8 Å². The Kier molecular flexibility index (Phi) is 4.05. The molecule has 1 aliphatic rings. The zero-order chi connectivity index (χ0) is 15.7. The lowest BCUT2D eigenvalue weighted by Crippen LogP contribution is -2.30. The molecule has 1 heterocycles. The fourth-order valence-corrected chi connectivity index (χ4v) is 3.03. The monoisotopic (exact) mass is 334 g/mol. The highest BCUT2D eigenvalue weighted by Gasteiger charge is 2.30. The summed E-state index contributed by atoms with van der Waals surface area (Å²) >= 11 is 11.8. The summed E-state index contributed by atoms with van der Waals surface area (Å²) in [6.07, 6.45) is 0.108. The molecule has 2 N–H and O–H groups in total. The van der Waals surface area contributed by atoms with Crippen LogP contribution in [-0.2, 0) is 9.59 Å². The van der Waals surface area contributed by atoms with Gasteiger partial charge in [-0.15, -0.1) is 0 Å². The summed E-state index contributed by atoms with van der Waals surface area (Å²) in [7, 11) is 0. The third-order valence-corrected chi connectivity index (χ3v) is 3.88. The Hall–Kier alpha value is -2.04. The number of para-hydroxylation sites is 1. The van der Waals surface area contributed by atoms with Crippen molar-refractivity contribution in [3.63, 3.8) is 0 Å². The Morgan fingerprint density at radius 2 is 1.82 bits per heavy atom. The van der Waals surface area contributed by atoms with Gasteiger partial charge < -0.3 is 10.6 Å². The number of nitrogens with one attached hydrogen (secondary N) is 2. The van der Waals surface area contributed by atoms with Crippen LogP contribution in [0.3, 0.4) is 0 Å². The molecule has 0 bridgehead atoms. The van der Waals surface area contributed by atoms with Gasteiger partial charge in [0.05, 0.1) is 5.92 Å². The smallest absolute Gasteiger partial charge is 0.232 e. The molecule has 0 saturated carbocycles. The Morgan fingerprint density at radius 3 is 2.55 bits per heavy atom. The molecule has 2 amide bonds. The number of hydrogen-bond acceptors (Lipinski definition) is 2. The zero-order valence-corrected chi connectivity index (χ0v) is 12.9. The Bertz CT molecular complexity index is 741. The quantitative estimate of drug-likeness (QED) is 0.870. The molecule has 4 nitrogen and oxygen atoms in total. The number of halogens is 2. The number of benzene rings is 2. The second-order valence-corrected chi connectivity index (χ2v) is 5.91. The molecule has 3 rings (SSSR count). The van der Waals surface area contributed by atoms with E-state index in [1.165, 1.54) is 0 Å². The largest absolute Gasteiger partial charge is 0.326 e. The number of carbonyl (C=O) groups excluding carboxylic acids is 2. The van der Waals surface area contributed by atoms with E-state index in [2.05, 4.69) is 10.6 Å². The highest BCUT2D eigenvalue weighted by atomic mass is 35.5. The minimum absolute atomic E-state index is 0.108. The first-order valence-corrected chi connectivity index (χ1v) is 7.44. The minimum Gasteiger partial charge on any atom is -0.326 e. The number of carbonyl (C=O) groups is 2. The fourth-order valence-electron chi connectivity index (χ4n) is 2.50. The van der Waals surface area contributed by atoms with Crippen molar-refractivity contribution in [1.29, 1.82) is 0 Å². The van der Waals surface area contributed by atoms with Gasteiger partial charge >= 0.3 is 0 Å². The van der Waals surface area contributed by atoms with Gasteiger partial charge in [0, 0.05) is 27.8 Å². The molecular formula is C16H12Cl2N2O2. The third-order valence-electron chi connectivity index (χ3n) is 3.45. The highest BCUT2D eigenvalue weighted by Crippen LogP contribution is 2.33. The molecule has 1 unspecified atom stereocenters. The lowest BCUT2D eigenvalue weighted by molar-refractivity contribution is -0.123. The first-order valence-electron chi connectivity index (χ1n) is 6.68. The first kappa shape index (κ1) is 14.9. The number of amides is 2. The minimum atomic E-state index is -0.539. The predicted octanol–water partition coefficient (Wildman–Crippen LogP) is 4.06. The molecule has 0 fully saturated rings. The first-order chi connectivity index (χ1) is 10.5. The molecule has 1 atom stereocenters. The molecular weight excluding hydrogens is 323 g/mol. The number of hydrogen-bond donors (Lipinski definition) is 2. The van der Waals surface area contributed by atoms with Crippen LogP contribution in [0.15, 0.2) is 42.5 Å². The summed E-state index contributed by atoms with van der Waals surface area (Å²) in [5, 5.41) is 6.40. The average molecular weight is 335 g/mol. The Balaban J connectivity index is 1.87. The van der Waals surface area contributed by atoms with Crippen LogP contribution >= 0.6 is 23.2 Å². The lowest BCUT2D eigenvalue weighted by Gasteiger charge is -2.24. The van der Waals surface area contributed by atoms with Gasteiger partial charge in [-0.2, -0.15) is 0 Å². The molecule has 0 aromatic heterocycles. The van der Waals surface area contributed by atoms with Gasteiger partial charge in [-0.25, -0.2) is 0 Å². The van der Waals surface area contributed by atoms with Gasteiger partial charge in [-0.1, -0.05) is 41.4 Å². The van der Waals surface area contributed by atoms with Crippen LogP contribution in [0.4, 0.5) is 11.4 Å². The van der Waals surface area contributed by atoms with Crippen LogP contribution in [-0.4, -0.2) is 11.8 Å². The number of anilines is 2. The summed E-state index contributed by atoms with van der Waals surface area (Å²) in [4.78, 5) is 24.3. The van der Waals surface area contributed by atoms with E-state index in [4.69, 9.17) is 23.2 Å². The van der Waals surface area contributed by atoms with Gasteiger partial charge in [-0.05, 0) is 29.8 Å². The average Bonchev–Trinajstić information content (AvgIpc) is 2.45. The molecule has 0 radical (unpaired) electrons. The summed E-state index contributed by atoms with van der Waals surface area (Å²) in [5.74, 6) is -0.980. The van der Waals surface area contributed by atoms with Gasteiger partial charge in [0.25, 0.3) is 0 Å². The Labute approximate surface area is 137 Å². The van der Waals surface area contributed by atoms with Crippen molar-refractivity contribution in [2.45, 2.75) is 12.3 Å². The Morgan fingerprint density at radius 1 is 1.14 bits per heavy atom. The van der Waals surface area contributed by atoms with Crippen LogP contribution in [0.2, 0.25) is 10.0 Å². The molecule has 0 saturated heterocycles. The summed E-state index contributed by atoms with van der Waals surface area (Å²) < 4.78 is 0. The summed E-state index contributed by atoms with van der Waals surface area (Å²) in [6, 6.07) is 12.1. The van der Waals surface area contributed by atoms with Crippen LogP contribution in [0.1, 0.15) is 17.9 Å². The van der Waals surface area contributed by atoms with Crippen molar-refractivity contribution in [1.82, 2.24) is 0 Å². The van der Waals surface area contributed by atoms with Crippen molar-refractivity contribution < 1.29 is 9.59 Å². The SMILES string of the molecule is O=C1CC(C(=O)Nc2cc(Cl)cc(Cl)c2)c2ccccc2N1.